The fourth-order valence-electron chi connectivity index (χ4n) is 1.65. The zero-order chi connectivity index (χ0) is 13.4. The number of nitrogens with zero attached hydrogens (tertiary/aromatic N) is 2. The second-order valence-electron chi connectivity index (χ2n) is 3.80. The maximum atomic E-state index is 11.0. The van der Waals surface area contributed by atoms with E-state index in [1.807, 2.05) is 7.05 Å². The molecule has 6 heteroatoms. The first-order valence-corrected chi connectivity index (χ1v) is 6.05. The largest absolute Gasteiger partial charge is 0.469 e. The number of hydrogen-bond acceptors (Lipinski definition) is 6. The van der Waals surface area contributed by atoms with Gasteiger partial charge >= 0.3 is 5.97 Å². The molecule has 0 aliphatic heterocycles. The molecule has 0 fully saturated rings. The van der Waals surface area contributed by atoms with E-state index in [2.05, 4.69) is 32.3 Å². The monoisotopic (exact) mass is 252 g/mol. The number of nitrogens with one attached hydrogen (secondary N) is 2. The van der Waals surface area contributed by atoms with Crippen molar-refractivity contribution in [1.29, 1.82) is 0 Å². The van der Waals surface area contributed by atoms with E-state index >= 15 is 0 Å². The number of carbonyl (C=O) groups excluding carboxylic acids is 1. The lowest BCUT2D eigenvalue weighted by atomic mass is 10.1. The van der Waals surface area contributed by atoms with E-state index < -0.39 is 0 Å². The summed E-state index contributed by atoms with van der Waals surface area (Å²) < 4.78 is 4.59. The van der Waals surface area contributed by atoms with Crippen molar-refractivity contribution in [1.82, 2.24) is 9.97 Å². The summed E-state index contributed by atoms with van der Waals surface area (Å²) in [5.74, 6) is 1.37. The summed E-state index contributed by atoms with van der Waals surface area (Å²) in [6, 6.07) is 0. The first kappa shape index (κ1) is 14.2. The number of anilines is 2. The van der Waals surface area contributed by atoms with Gasteiger partial charge in [0.15, 0.2) is 0 Å². The highest BCUT2D eigenvalue weighted by Gasteiger charge is 2.09. The smallest absolute Gasteiger partial charge is 0.307 e. The molecular weight excluding hydrogens is 232 g/mol. The molecule has 1 aromatic rings. The molecule has 0 aromatic carbocycles. The van der Waals surface area contributed by atoms with Gasteiger partial charge in [-0.15, -0.1) is 0 Å². The van der Waals surface area contributed by atoms with Gasteiger partial charge in [0, 0.05) is 19.2 Å². The predicted molar refractivity (Wildman–Crippen MR) is 70.7 cm³/mol. The minimum atomic E-state index is -0.234. The van der Waals surface area contributed by atoms with E-state index in [9.17, 15) is 4.79 Å². The second kappa shape index (κ2) is 7.47. The zero-order valence-electron chi connectivity index (χ0n) is 11.1. The number of hydrogen-bond donors (Lipinski definition) is 2. The number of aromatic nitrogens is 2. The summed E-state index contributed by atoms with van der Waals surface area (Å²) >= 11 is 0. The topological polar surface area (TPSA) is 76.1 Å². The summed E-state index contributed by atoms with van der Waals surface area (Å²) in [6.45, 7) is 2.61. The average molecular weight is 252 g/mol. The van der Waals surface area contributed by atoms with Crippen molar-refractivity contribution in [3.05, 3.63) is 11.9 Å². The SMILES string of the molecule is CCCc1c(NC)ncnc1NCCC(=O)OC. The molecular formula is C12H20N4O2. The highest BCUT2D eigenvalue weighted by Crippen LogP contribution is 2.20. The van der Waals surface area contributed by atoms with E-state index in [-0.39, 0.29) is 5.97 Å². The van der Waals surface area contributed by atoms with Crippen LogP contribution >= 0.6 is 0 Å². The van der Waals surface area contributed by atoms with Crippen molar-refractivity contribution >= 4 is 17.6 Å². The molecule has 1 heterocycles. The molecule has 2 N–H and O–H groups in total. The third-order valence-electron chi connectivity index (χ3n) is 2.53. The summed E-state index contributed by atoms with van der Waals surface area (Å²) in [5.41, 5.74) is 1.05. The Bertz CT molecular complexity index is 396. The Morgan fingerprint density at radius 3 is 2.72 bits per heavy atom. The van der Waals surface area contributed by atoms with Crippen LogP contribution < -0.4 is 10.6 Å². The van der Waals surface area contributed by atoms with Crippen molar-refractivity contribution in [3.8, 4) is 0 Å². The second-order valence-corrected chi connectivity index (χ2v) is 3.80. The molecule has 1 aromatic heterocycles. The molecule has 18 heavy (non-hydrogen) atoms. The van der Waals surface area contributed by atoms with Crippen molar-refractivity contribution in [2.24, 2.45) is 0 Å². The Kier molecular flexibility index (Phi) is 5.90. The highest BCUT2D eigenvalue weighted by molar-refractivity contribution is 5.70. The Labute approximate surface area is 107 Å². The highest BCUT2D eigenvalue weighted by atomic mass is 16.5. The van der Waals surface area contributed by atoms with E-state index in [0.29, 0.717) is 13.0 Å². The Hall–Kier alpha value is -1.85. The fraction of sp³-hybridized carbons (Fsp3) is 0.583. The lowest BCUT2D eigenvalue weighted by Gasteiger charge is -2.13. The Morgan fingerprint density at radius 1 is 1.39 bits per heavy atom. The van der Waals surface area contributed by atoms with Crippen molar-refractivity contribution in [2.75, 3.05) is 31.3 Å². The van der Waals surface area contributed by atoms with Gasteiger partial charge in [-0.2, -0.15) is 0 Å². The van der Waals surface area contributed by atoms with Gasteiger partial charge in [0.1, 0.15) is 18.0 Å². The molecule has 0 saturated carbocycles. The van der Waals surface area contributed by atoms with Crippen molar-refractivity contribution < 1.29 is 9.53 Å². The van der Waals surface area contributed by atoms with Crippen LogP contribution in [0.15, 0.2) is 6.33 Å². The third-order valence-corrected chi connectivity index (χ3v) is 2.53. The molecule has 0 atom stereocenters. The standard InChI is InChI=1S/C12H20N4O2/c1-4-5-9-11(13-2)15-8-16-12(9)14-7-6-10(17)18-3/h8H,4-7H2,1-3H3,(H2,13,14,15,16). The Balaban J connectivity index is 2.71. The van der Waals surface area contributed by atoms with Crippen LogP contribution in [0.1, 0.15) is 25.3 Å². The summed E-state index contributed by atoms with van der Waals surface area (Å²) in [4.78, 5) is 19.4. The van der Waals surface area contributed by atoms with Crippen molar-refractivity contribution in [3.63, 3.8) is 0 Å². The molecule has 1 rings (SSSR count). The van der Waals surface area contributed by atoms with E-state index in [1.54, 1.807) is 0 Å². The molecule has 0 unspecified atom stereocenters. The van der Waals surface area contributed by atoms with Gasteiger partial charge in [0.05, 0.1) is 13.5 Å². The maximum absolute atomic E-state index is 11.0. The maximum Gasteiger partial charge on any atom is 0.307 e. The van der Waals surface area contributed by atoms with Gasteiger partial charge in [-0.25, -0.2) is 9.97 Å². The number of carbonyl (C=O) groups is 1. The third kappa shape index (κ3) is 3.87. The van der Waals surface area contributed by atoms with Crippen molar-refractivity contribution in [2.45, 2.75) is 26.2 Å². The minimum Gasteiger partial charge on any atom is -0.469 e. The minimum absolute atomic E-state index is 0.234. The number of ether oxygens (including phenoxy) is 1. The van der Waals surface area contributed by atoms with E-state index in [4.69, 9.17) is 0 Å². The molecule has 0 aliphatic rings. The molecule has 0 radical (unpaired) electrons. The summed E-state index contributed by atoms with van der Waals surface area (Å²) in [6.07, 6.45) is 3.72. The van der Waals surface area contributed by atoms with Gasteiger partial charge in [-0.1, -0.05) is 13.3 Å². The molecule has 0 saturated heterocycles. The van der Waals surface area contributed by atoms with Crippen LogP contribution in [-0.4, -0.2) is 36.6 Å². The zero-order valence-corrected chi connectivity index (χ0v) is 11.1. The molecule has 100 valence electrons. The number of methoxy groups -OCH3 is 1. The molecule has 6 nitrogen and oxygen atoms in total. The van der Waals surface area contributed by atoms with Crippen LogP contribution in [0.4, 0.5) is 11.6 Å². The van der Waals surface area contributed by atoms with Gasteiger partial charge < -0.3 is 15.4 Å². The van der Waals surface area contributed by atoms with Crippen LogP contribution in [-0.2, 0) is 16.0 Å². The van der Waals surface area contributed by atoms with Gasteiger partial charge in [0.2, 0.25) is 0 Å². The molecule has 0 bridgehead atoms. The average Bonchev–Trinajstić information content (AvgIpc) is 2.40. The fourth-order valence-corrected chi connectivity index (χ4v) is 1.65. The lowest BCUT2D eigenvalue weighted by Crippen LogP contribution is -2.13. The first-order chi connectivity index (χ1) is 8.72. The lowest BCUT2D eigenvalue weighted by molar-refractivity contribution is -0.140. The summed E-state index contributed by atoms with van der Waals surface area (Å²) in [5, 5.41) is 6.19. The van der Waals surface area contributed by atoms with Gasteiger partial charge in [-0.3, -0.25) is 4.79 Å². The number of rotatable bonds is 7. The van der Waals surface area contributed by atoms with E-state index in [1.165, 1.54) is 13.4 Å². The Morgan fingerprint density at radius 2 is 2.11 bits per heavy atom. The predicted octanol–water partition coefficient (Wildman–Crippen LogP) is 1.45. The van der Waals surface area contributed by atoms with Crippen LogP contribution in [0.5, 0.6) is 0 Å². The molecule has 0 aliphatic carbocycles. The van der Waals surface area contributed by atoms with Crippen LogP contribution in [0.2, 0.25) is 0 Å². The molecule has 0 spiro atoms. The normalized spacial score (nSPS) is 9.94. The molecule has 0 amide bonds. The summed E-state index contributed by atoms with van der Waals surface area (Å²) in [7, 11) is 3.22. The van der Waals surface area contributed by atoms with Crippen LogP contribution in [0.3, 0.4) is 0 Å². The number of esters is 1. The van der Waals surface area contributed by atoms with Crippen LogP contribution in [0.25, 0.3) is 0 Å². The first-order valence-electron chi connectivity index (χ1n) is 6.05. The van der Waals surface area contributed by atoms with Crippen LogP contribution in [0, 0.1) is 0 Å². The van der Waals surface area contributed by atoms with E-state index in [0.717, 1.165) is 30.0 Å². The van der Waals surface area contributed by atoms with Gasteiger partial charge in [-0.05, 0) is 6.42 Å². The van der Waals surface area contributed by atoms with Gasteiger partial charge in [0.25, 0.3) is 0 Å². The quantitative estimate of drug-likeness (QED) is 0.715.